The van der Waals surface area contributed by atoms with Crippen molar-refractivity contribution in [3.05, 3.63) is 41.9 Å². The van der Waals surface area contributed by atoms with Gasteiger partial charge in [0.1, 0.15) is 17.5 Å². The molecule has 0 aromatic carbocycles. The molecule has 2 aromatic heterocycles. The van der Waals surface area contributed by atoms with Gasteiger partial charge in [-0.05, 0) is 12.1 Å². The fourth-order valence-corrected chi connectivity index (χ4v) is 1.34. The van der Waals surface area contributed by atoms with Crippen molar-refractivity contribution < 1.29 is 4.42 Å². The maximum absolute atomic E-state index is 8.61. The molecule has 0 aliphatic heterocycles. The molecule has 86 valence electrons. The van der Waals surface area contributed by atoms with Gasteiger partial charge in [0.25, 0.3) is 0 Å². The molecule has 0 saturated carbocycles. The first-order valence-electron chi connectivity index (χ1n) is 5.35. The Morgan fingerprint density at radius 1 is 1.35 bits per heavy atom. The lowest BCUT2D eigenvalue weighted by Gasteiger charge is -2.02. The second kappa shape index (κ2) is 5.12. The summed E-state index contributed by atoms with van der Waals surface area (Å²) < 4.78 is 5.45. The highest BCUT2D eigenvalue weighted by Crippen LogP contribution is 2.09. The number of nitrogens with one attached hydrogen (secondary N) is 1. The first kappa shape index (κ1) is 11.1. The Morgan fingerprint density at radius 2 is 2.24 bits per heavy atom. The van der Waals surface area contributed by atoms with Crippen molar-refractivity contribution >= 4 is 5.69 Å². The minimum absolute atomic E-state index is 0.403. The van der Waals surface area contributed by atoms with Crippen LogP contribution in [0.25, 0.3) is 0 Å². The number of aryl methyl sites for hydroxylation is 1. The lowest BCUT2D eigenvalue weighted by Crippen LogP contribution is -2.00. The lowest BCUT2D eigenvalue weighted by atomic mass is 10.3. The van der Waals surface area contributed by atoms with E-state index in [0.29, 0.717) is 18.1 Å². The maximum atomic E-state index is 8.61. The van der Waals surface area contributed by atoms with Gasteiger partial charge in [-0.25, -0.2) is 9.97 Å². The number of hydrogen-bond donors (Lipinski definition) is 1. The monoisotopic (exact) mass is 228 g/mol. The molecule has 1 N–H and O–H groups in total. The highest BCUT2D eigenvalue weighted by atomic mass is 16.4. The summed E-state index contributed by atoms with van der Waals surface area (Å²) in [7, 11) is 0. The molecule has 0 saturated heterocycles. The van der Waals surface area contributed by atoms with Crippen LogP contribution >= 0.6 is 0 Å². The molecule has 0 atom stereocenters. The molecule has 5 heteroatoms. The summed E-state index contributed by atoms with van der Waals surface area (Å²) in [5.41, 5.74) is 1.24. The van der Waals surface area contributed by atoms with Crippen LogP contribution in [-0.4, -0.2) is 9.97 Å². The first-order chi connectivity index (χ1) is 8.31. The zero-order chi connectivity index (χ0) is 12.1. The van der Waals surface area contributed by atoms with Crippen LogP contribution in [0.5, 0.6) is 0 Å². The molecule has 0 radical (unpaired) electrons. The summed E-state index contributed by atoms with van der Waals surface area (Å²) in [4.78, 5) is 8.09. The van der Waals surface area contributed by atoms with E-state index in [1.54, 1.807) is 24.5 Å². The minimum Gasteiger partial charge on any atom is -0.444 e. The zero-order valence-electron chi connectivity index (χ0n) is 9.47. The Balaban J connectivity index is 1.95. The second-order valence-electron chi connectivity index (χ2n) is 3.47. The number of hydrogen-bond acceptors (Lipinski definition) is 5. The highest BCUT2D eigenvalue weighted by molar-refractivity contribution is 5.42. The Labute approximate surface area is 99.1 Å². The van der Waals surface area contributed by atoms with Gasteiger partial charge in [0, 0.05) is 6.42 Å². The van der Waals surface area contributed by atoms with Crippen molar-refractivity contribution in [1.82, 2.24) is 9.97 Å². The van der Waals surface area contributed by atoms with E-state index in [0.717, 1.165) is 17.9 Å². The summed E-state index contributed by atoms with van der Waals surface area (Å²) in [6, 6.07) is 5.43. The van der Waals surface area contributed by atoms with E-state index in [9.17, 15) is 0 Å². The molecular formula is C12H12N4O. The van der Waals surface area contributed by atoms with Crippen LogP contribution in [0.1, 0.15) is 24.3 Å². The Bertz CT molecular complexity index is 524. The number of anilines is 1. The van der Waals surface area contributed by atoms with Crippen molar-refractivity contribution in [3.63, 3.8) is 0 Å². The van der Waals surface area contributed by atoms with Crippen molar-refractivity contribution in [1.29, 1.82) is 5.26 Å². The second-order valence-corrected chi connectivity index (χ2v) is 3.47. The SMILES string of the molecule is CCc1cnc(CNc2ccc(C#N)nc2)o1. The van der Waals surface area contributed by atoms with Gasteiger partial charge in [0.15, 0.2) is 0 Å². The number of aromatic nitrogens is 2. The number of nitrogens with zero attached hydrogens (tertiary/aromatic N) is 3. The Hall–Kier alpha value is -2.35. The zero-order valence-corrected chi connectivity index (χ0v) is 9.47. The van der Waals surface area contributed by atoms with Crippen LogP contribution in [0.4, 0.5) is 5.69 Å². The van der Waals surface area contributed by atoms with E-state index in [2.05, 4.69) is 15.3 Å². The van der Waals surface area contributed by atoms with Gasteiger partial charge in [-0.3, -0.25) is 0 Å². The number of oxazole rings is 1. The van der Waals surface area contributed by atoms with Crippen molar-refractivity contribution in [2.75, 3.05) is 5.32 Å². The molecule has 0 unspecified atom stereocenters. The fraction of sp³-hybridized carbons (Fsp3) is 0.250. The molecule has 2 rings (SSSR count). The van der Waals surface area contributed by atoms with Gasteiger partial charge in [0.05, 0.1) is 24.6 Å². The minimum atomic E-state index is 0.403. The average Bonchev–Trinajstić information content (AvgIpc) is 2.85. The molecule has 2 heterocycles. The standard InChI is InChI=1S/C12H12N4O/c1-2-11-7-16-12(17-11)8-15-10-4-3-9(5-13)14-6-10/h3-4,6-7,15H,2,8H2,1H3. The molecule has 5 nitrogen and oxygen atoms in total. The van der Waals surface area contributed by atoms with Crippen LogP contribution in [0.15, 0.2) is 28.9 Å². The molecule has 0 aliphatic carbocycles. The predicted octanol–water partition coefficient (Wildman–Crippen LogP) is 2.12. The third-order valence-electron chi connectivity index (χ3n) is 2.27. The maximum Gasteiger partial charge on any atom is 0.213 e. The quantitative estimate of drug-likeness (QED) is 0.867. The van der Waals surface area contributed by atoms with Gasteiger partial charge < -0.3 is 9.73 Å². The lowest BCUT2D eigenvalue weighted by molar-refractivity contribution is 0.466. The van der Waals surface area contributed by atoms with Crippen molar-refractivity contribution in [2.45, 2.75) is 19.9 Å². The van der Waals surface area contributed by atoms with Gasteiger partial charge in [0.2, 0.25) is 5.89 Å². The molecule has 0 spiro atoms. The van der Waals surface area contributed by atoms with E-state index in [4.69, 9.17) is 9.68 Å². The molecule has 0 fully saturated rings. The fourth-order valence-electron chi connectivity index (χ4n) is 1.34. The smallest absolute Gasteiger partial charge is 0.213 e. The van der Waals surface area contributed by atoms with Crippen LogP contribution in [0.2, 0.25) is 0 Å². The van der Waals surface area contributed by atoms with Gasteiger partial charge >= 0.3 is 0 Å². The third-order valence-corrected chi connectivity index (χ3v) is 2.27. The summed E-state index contributed by atoms with van der Waals surface area (Å²) in [6.45, 7) is 2.52. The number of pyridine rings is 1. The number of nitriles is 1. The summed E-state index contributed by atoms with van der Waals surface area (Å²) in [6.07, 6.45) is 4.18. The Morgan fingerprint density at radius 3 is 2.82 bits per heavy atom. The van der Waals surface area contributed by atoms with E-state index < -0.39 is 0 Å². The number of rotatable bonds is 4. The average molecular weight is 228 g/mol. The van der Waals surface area contributed by atoms with Crippen molar-refractivity contribution in [2.24, 2.45) is 0 Å². The summed E-state index contributed by atoms with van der Waals surface area (Å²) >= 11 is 0. The van der Waals surface area contributed by atoms with Crippen LogP contribution in [-0.2, 0) is 13.0 Å². The van der Waals surface area contributed by atoms with E-state index in [-0.39, 0.29) is 0 Å². The molecule has 0 amide bonds. The molecular weight excluding hydrogens is 216 g/mol. The summed E-state index contributed by atoms with van der Waals surface area (Å²) in [5.74, 6) is 1.52. The van der Waals surface area contributed by atoms with E-state index in [1.807, 2.05) is 13.0 Å². The van der Waals surface area contributed by atoms with Gasteiger partial charge in [-0.2, -0.15) is 5.26 Å². The first-order valence-corrected chi connectivity index (χ1v) is 5.35. The third kappa shape index (κ3) is 2.82. The molecule has 0 bridgehead atoms. The van der Waals surface area contributed by atoms with E-state index in [1.165, 1.54) is 0 Å². The largest absolute Gasteiger partial charge is 0.444 e. The molecule has 17 heavy (non-hydrogen) atoms. The predicted molar refractivity (Wildman–Crippen MR) is 62.2 cm³/mol. The van der Waals surface area contributed by atoms with Crippen LogP contribution < -0.4 is 5.32 Å². The summed E-state index contributed by atoms with van der Waals surface area (Å²) in [5, 5.41) is 11.7. The van der Waals surface area contributed by atoms with Crippen LogP contribution in [0, 0.1) is 11.3 Å². The topological polar surface area (TPSA) is 74.7 Å². The van der Waals surface area contributed by atoms with Gasteiger partial charge in [-0.15, -0.1) is 0 Å². The molecule has 2 aromatic rings. The highest BCUT2D eigenvalue weighted by Gasteiger charge is 2.02. The Kier molecular flexibility index (Phi) is 3.36. The molecule has 0 aliphatic rings. The van der Waals surface area contributed by atoms with Crippen molar-refractivity contribution in [3.8, 4) is 6.07 Å². The van der Waals surface area contributed by atoms with E-state index >= 15 is 0 Å². The van der Waals surface area contributed by atoms with Crippen LogP contribution in [0.3, 0.4) is 0 Å². The normalized spacial score (nSPS) is 9.88. The van der Waals surface area contributed by atoms with Gasteiger partial charge in [-0.1, -0.05) is 6.92 Å².